The van der Waals surface area contributed by atoms with Gasteiger partial charge in [0.05, 0.1) is 17.9 Å². The van der Waals surface area contributed by atoms with E-state index in [1.807, 2.05) is 49.5 Å². The molecule has 6 nitrogen and oxygen atoms in total. The number of amides is 2. The third kappa shape index (κ3) is 4.09. The molecule has 3 aromatic rings. The van der Waals surface area contributed by atoms with Crippen molar-refractivity contribution in [2.45, 2.75) is 31.3 Å². The van der Waals surface area contributed by atoms with Gasteiger partial charge in [-0.1, -0.05) is 43.8 Å². The van der Waals surface area contributed by atoms with Crippen LogP contribution in [0.3, 0.4) is 0 Å². The molecule has 32 heavy (non-hydrogen) atoms. The summed E-state index contributed by atoms with van der Waals surface area (Å²) in [4.78, 5) is 28.7. The maximum Gasteiger partial charge on any atom is 0.247 e. The number of fused-ring (bicyclic) bond motifs is 3. The Balaban J connectivity index is 1.86. The Kier molecular flexibility index (Phi) is 6.46. The average Bonchev–Trinajstić information content (AvgIpc) is 2.96. The summed E-state index contributed by atoms with van der Waals surface area (Å²) >= 11 is 1.49. The van der Waals surface area contributed by atoms with Crippen molar-refractivity contribution < 1.29 is 14.3 Å². The van der Waals surface area contributed by atoms with Gasteiger partial charge in [-0.2, -0.15) is 0 Å². The van der Waals surface area contributed by atoms with Crippen LogP contribution in [0, 0.1) is 5.92 Å². The van der Waals surface area contributed by atoms with E-state index >= 15 is 0 Å². The molecule has 0 aliphatic carbocycles. The molecule has 0 radical (unpaired) electrons. The van der Waals surface area contributed by atoms with Crippen LogP contribution in [-0.4, -0.2) is 35.8 Å². The molecular weight excluding hydrogens is 422 g/mol. The lowest BCUT2D eigenvalue weighted by Gasteiger charge is -2.30. The number of para-hydroxylation sites is 1. The van der Waals surface area contributed by atoms with Gasteiger partial charge in [-0.25, -0.2) is 0 Å². The Labute approximate surface area is 192 Å². The quantitative estimate of drug-likeness (QED) is 0.598. The van der Waals surface area contributed by atoms with Gasteiger partial charge in [-0.15, -0.1) is 0 Å². The van der Waals surface area contributed by atoms with Gasteiger partial charge in [0.25, 0.3) is 0 Å². The number of hydrogen-bond donors (Lipinski definition) is 1. The smallest absolute Gasteiger partial charge is 0.247 e. The van der Waals surface area contributed by atoms with Crippen LogP contribution < -0.4 is 15.0 Å². The largest absolute Gasteiger partial charge is 0.497 e. The minimum absolute atomic E-state index is 0.0931. The molecule has 1 aromatic heterocycles. The predicted octanol–water partition coefficient (Wildman–Crippen LogP) is 4.53. The highest BCUT2D eigenvalue weighted by atomic mass is 32.2. The van der Waals surface area contributed by atoms with Crippen molar-refractivity contribution in [3.8, 4) is 5.75 Å². The van der Waals surface area contributed by atoms with Gasteiger partial charge in [0, 0.05) is 35.7 Å². The number of carbonyl (C=O) groups is 2. The van der Waals surface area contributed by atoms with Gasteiger partial charge >= 0.3 is 0 Å². The third-order valence-electron chi connectivity index (χ3n) is 5.84. The maximum atomic E-state index is 13.7. The second kappa shape index (κ2) is 9.28. The van der Waals surface area contributed by atoms with Crippen LogP contribution in [0.1, 0.15) is 31.9 Å². The number of nitrogens with one attached hydrogen (secondary N) is 1. The molecule has 0 fully saturated rings. The van der Waals surface area contributed by atoms with Crippen LogP contribution >= 0.6 is 11.8 Å². The van der Waals surface area contributed by atoms with Gasteiger partial charge < -0.3 is 14.6 Å². The third-order valence-corrected chi connectivity index (χ3v) is 7.00. The van der Waals surface area contributed by atoms with Crippen LogP contribution in [-0.2, 0) is 16.6 Å². The number of anilines is 1. The predicted molar refractivity (Wildman–Crippen MR) is 129 cm³/mol. The van der Waals surface area contributed by atoms with Crippen molar-refractivity contribution in [1.29, 1.82) is 0 Å². The van der Waals surface area contributed by atoms with E-state index < -0.39 is 6.04 Å². The first-order chi connectivity index (χ1) is 15.4. The topological polar surface area (TPSA) is 63.6 Å². The fourth-order valence-electron chi connectivity index (χ4n) is 4.18. The Morgan fingerprint density at radius 1 is 1.19 bits per heavy atom. The molecule has 0 saturated carbocycles. The van der Waals surface area contributed by atoms with Crippen LogP contribution in [0.5, 0.6) is 5.75 Å². The maximum absolute atomic E-state index is 13.7. The van der Waals surface area contributed by atoms with E-state index in [2.05, 4.69) is 29.8 Å². The Hall–Kier alpha value is -2.93. The van der Waals surface area contributed by atoms with Crippen LogP contribution in [0.2, 0.25) is 0 Å². The van der Waals surface area contributed by atoms with Gasteiger partial charge in [-0.05, 0) is 42.7 Å². The zero-order chi connectivity index (χ0) is 22.8. The van der Waals surface area contributed by atoms with Crippen LogP contribution in [0.4, 0.5) is 5.69 Å². The molecule has 0 saturated heterocycles. The molecule has 2 amide bonds. The van der Waals surface area contributed by atoms with E-state index in [4.69, 9.17) is 4.74 Å². The standard InChI is InChI=1S/C25H29N3O3S/c1-16(2)13-14-26-24(30)23-22-19-7-5-6-8-20(19)27(3)25(22)32-15-21(29)28(23)17-9-11-18(31-4)12-10-17/h5-12,16,23H,13-15H2,1-4H3,(H,26,30)/t23-/m1/s1. The molecule has 0 unspecified atom stereocenters. The first-order valence-electron chi connectivity index (χ1n) is 10.9. The van der Waals surface area contributed by atoms with Crippen molar-refractivity contribution in [1.82, 2.24) is 9.88 Å². The van der Waals surface area contributed by atoms with E-state index in [0.29, 0.717) is 23.9 Å². The van der Waals surface area contributed by atoms with Gasteiger partial charge in [0.2, 0.25) is 11.8 Å². The summed E-state index contributed by atoms with van der Waals surface area (Å²) in [5.41, 5.74) is 2.62. The SMILES string of the molecule is COc1ccc(N2C(=O)CSc3c(c4ccccc4n3C)[C@@H]2C(=O)NCCC(C)C)cc1. The highest BCUT2D eigenvalue weighted by Gasteiger charge is 2.39. The summed E-state index contributed by atoms with van der Waals surface area (Å²) in [7, 11) is 3.60. The summed E-state index contributed by atoms with van der Waals surface area (Å²) < 4.78 is 7.38. The molecule has 1 aliphatic rings. The van der Waals surface area contributed by atoms with E-state index in [0.717, 1.165) is 27.9 Å². The normalized spacial score (nSPS) is 16.2. The summed E-state index contributed by atoms with van der Waals surface area (Å²) in [5, 5.41) is 5.05. The molecule has 1 atom stereocenters. The van der Waals surface area contributed by atoms with Gasteiger partial charge in [-0.3, -0.25) is 14.5 Å². The second-order valence-corrected chi connectivity index (χ2v) is 9.39. The number of thioether (sulfide) groups is 1. The number of hydrogen-bond acceptors (Lipinski definition) is 4. The summed E-state index contributed by atoms with van der Waals surface area (Å²) in [6.45, 7) is 4.83. The summed E-state index contributed by atoms with van der Waals surface area (Å²) in [6, 6.07) is 14.6. The number of ether oxygens (including phenoxy) is 1. The van der Waals surface area contributed by atoms with Crippen molar-refractivity contribution in [2.75, 3.05) is 24.3 Å². The van der Waals surface area contributed by atoms with Crippen LogP contribution in [0.15, 0.2) is 53.6 Å². The molecular formula is C25H29N3O3S. The van der Waals surface area contributed by atoms with E-state index in [-0.39, 0.29) is 17.6 Å². The van der Waals surface area contributed by atoms with E-state index in [1.54, 1.807) is 12.0 Å². The zero-order valence-corrected chi connectivity index (χ0v) is 19.7. The van der Waals surface area contributed by atoms with Crippen molar-refractivity contribution in [3.63, 3.8) is 0 Å². The number of methoxy groups -OCH3 is 1. The molecule has 168 valence electrons. The van der Waals surface area contributed by atoms with Crippen LogP contribution in [0.25, 0.3) is 10.9 Å². The van der Waals surface area contributed by atoms with E-state index in [9.17, 15) is 9.59 Å². The number of aromatic nitrogens is 1. The first kappa shape index (κ1) is 22.3. The highest BCUT2D eigenvalue weighted by Crippen LogP contribution is 2.43. The van der Waals surface area contributed by atoms with Gasteiger partial charge in [0.1, 0.15) is 11.8 Å². The summed E-state index contributed by atoms with van der Waals surface area (Å²) in [6.07, 6.45) is 0.881. The Morgan fingerprint density at radius 2 is 1.91 bits per heavy atom. The molecule has 0 bridgehead atoms. The first-order valence-corrected chi connectivity index (χ1v) is 11.8. The minimum atomic E-state index is -0.751. The molecule has 1 N–H and O–H groups in total. The highest BCUT2D eigenvalue weighted by molar-refractivity contribution is 8.00. The van der Waals surface area contributed by atoms with E-state index in [1.165, 1.54) is 11.8 Å². The zero-order valence-electron chi connectivity index (χ0n) is 18.9. The number of aryl methyl sites for hydroxylation is 1. The van der Waals surface area contributed by atoms with Crippen molar-refractivity contribution in [2.24, 2.45) is 13.0 Å². The number of nitrogens with zero attached hydrogens (tertiary/aromatic N) is 2. The molecule has 1 aliphatic heterocycles. The molecule has 2 heterocycles. The number of rotatable bonds is 6. The fraction of sp³-hybridized carbons (Fsp3) is 0.360. The lowest BCUT2D eigenvalue weighted by atomic mass is 10.0. The Bertz CT molecular complexity index is 1140. The fourth-order valence-corrected chi connectivity index (χ4v) is 5.24. The van der Waals surface area contributed by atoms with Gasteiger partial charge in [0.15, 0.2) is 0 Å². The lowest BCUT2D eigenvalue weighted by molar-refractivity contribution is -0.125. The second-order valence-electron chi connectivity index (χ2n) is 8.42. The number of benzene rings is 2. The Morgan fingerprint density at radius 3 is 2.59 bits per heavy atom. The van der Waals surface area contributed by atoms with Crippen molar-refractivity contribution in [3.05, 3.63) is 54.1 Å². The lowest BCUT2D eigenvalue weighted by Crippen LogP contribution is -2.44. The monoisotopic (exact) mass is 451 g/mol. The molecule has 7 heteroatoms. The minimum Gasteiger partial charge on any atom is -0.497 e. The van der Waals surface area contributed by atoms with Crippen molar-refractivity contribution >= 4 is 40.2 Å². The summed E-state index contributed by atoms with van der Waals surface area (Å²) in [5.74, 6) is 1.19. The molecule has 0 spiro atoms. The average molecular weight is 452 g/mol. The molecule has 2 aromatic carbocycles. The molecule has 4 rings (SSSR count). The number of carbonyl (C=O) groups excluding carboxylic acids is 2.